The third-order valence-electron chi connectivity index (χ3n) is 6.03. The Morgan fingerprint density at radius 3 is 2.48 bits per heavy atom. The summed E-state index contributed by atoms with van der Waals surface area (Å²) in [5.41, 5.74) is 0.654. The molecule has 4 aromatic rings. The minimum Gasteiger partial charge on any atom is -0.493 e. The summed E-state index contributed by atoms with van der Waals surface area (Å²) in [6.07, 6.45) is 1.53. The van der Waals surface area contributed by atoms with Crippen molar-refractivity contribution < 1.29 is 28.6 Å². The van der Waals surface area contributed by atoms with E-state index in [-0.39, 0.29) is 45.2 Å². The molecule has 0 bridgehead atoms. The monoisotopic (exact) mass is 593 g/mol. The maximum absolute atomic E-state index is 13.0. The van der Waals surface area contributed by atoms with Crippen LogP contribution in [0.2, 0.25) is 10.0 Å². The van der Waals surface area contributed by atoms with Crippen LogP contribution in [0.4, 0.5) is 4.79 Å². The number of imide groups is 1. The molecule has 1 aliphatic rings. The van der Waals surface area contributed by atoms with E-state index in [0.29, 0.717) is 11.3 Å². The fourth-order valence-electron chi connectivity index (χ4n) is 4.11. The average molecular weight is 594 g/mol. The summed E-state index contributed by atoms with van der Waals surface area (Å²) < 4.78 is 16.8. The van der Waals surface area contributed by atoms with E-state index in [1.165, 1.54) is 25.3 Å². The highest BCUT2D eigenvalue weighted by atomic mass is 35.5. The number of nitrogens with zero attached hydrogens (tertiary/aromatic N) is 1. The Morgan fingerprint density at radius 2 is 1.68 bits per heavy atom. The van der Waals surface area contributed by atoms with Gasteiger partial charge >= 0.3 is 5.97 Å². The van der Waals surface area contributed by atoms with Crippen LogP contribution < -0.4 is 14.2 Å². The Morgan fingerprint density at radius 1 is 0.925 bits per heavy atom. The van der Waals surface area contributed by atoms with E-state index in [9.17, 15) is 14.4 Å². The summed E-state index contributed by atoms with van der Waals surface area (Å²) in [5, 5.41) is 1.89. The van der Waals surface area contributed by atoms with Crippen LogP contribution in [0.15, 0.2) is 83.8 Å². The number of halogens is 2. The van der Waals surface area contributed by atoms with Gasteiger partial charge in [0.25, 0.3) is 11.1 Å². The van der Waals surface area contributed by atoms with Crippen LogP contribution in [-0.4, -0.2) is 42.3 Å². The second-order valence-corrected chi connectivity index (χ2v) is 10.4. The Hall–Kier alpha value is -3.98. The molecular formula is C30H21Cl2NO6S. The zero-order chi connectivity index (χ0) is 28.2. The molecule has 0 spiro atoms. The van der Waals surface area contributed by atoms with Gasteiger partial charge in [-0.05, 0) is 59.1 Å². The SMILES string of the molecule is COc1cc(/C=C2\SC(=O)N(CCOc3cccc4ccccc34)C2=O)cc(Cl)c1OC(=O)c1ccccc1Cl. The normalized spacial score (nSPS) is 14.2. The van der Waals surface area contributed by atoms with Gasteiger partial charge in [0.05, 0.1) is 34.2 Å². The first kappa shape index (κ1) is 27.6. The third kappa shape index (κ3) is 5.79. The summed E-state index contributed by atoms with van der Waals surface area (Å²) in [7, 11) is 1.39. The molecule has 202 valence electrons. The highest BCUT2D eigenvalue weighted by Gasteiger charge is 2.35. The van der Waals surface area contributed by atoms with Crippen LogP contribution in [0.25, 0.3) is 16.8 Å². The van der Waals surface area contributed by atoms with Crippen molar-refractivity contribution in [2.75, 3.05) is 20.3 Å². The van der Waals surface area contributed by atoms with Crippen LogP contribution in [0.1, 0.15) is 15.9 Å². The Balaban J connectivity index is 1.29. The minimum atomic E-state index is -0.703. The molecule has 0 radical (unpaired) electrons. The number of esters is 1. The first-order chi connectivity index (χ1) is 19.4. The third-order valence-corrected chi connectivity index (χ3v) is 7.55. The zero-order valence-electron chi connectivity index (χ0n) is 21.1. The quantitative estimate of drug-likeness (QED) is 0.119. The summed E-state index contributed by atoms with van der Waals surface area (Å²) in [4.78, 5) is 39.6. The number of thioether (sulfide) groups is 1. The molecule has 7 nitrogen and oxygen atoms in total. The van der Waals surface area contributed by atoms with Gasteiger partial charge < -0.3 is 14.2 Å². The van der Waals surface area contributed by atoms with Gasteiger partial charge in [0.2, 0.25) is 0 Å². The van der Waals surface area contributed by atoms with Gasteiger partial charge in [-0.15, -0.1) is 0 Å². The van der Waals surface area contributed by atoms with E-state index in [1.807, 2.05) is 42.5 Å². The number of hydrogen-bond acceptors (Lipinski definition) is 7. The van der Waals surface area contributed by atoms with Gasteiger partial charge in [-0.3, -0.25) is 14.5 Å². The number of benzene rings is 4. The minimum absolute atomic E-state index is 0.00456. The molecule has 0 N–H and O–H groups in total. The highest BCUT2D eigenvalue weighted by molar-refractivity contribution is 8.18. The van der Waals surface area contributed by atoms with E-state index >= 15 is 0 Å². The lowest BCUT2D eigenvalue weighted by Crippen LogP contribution is -2.32. The van der Waals surface area contributed by atoms with Crippen molar-refractivity contribution in [1.82, 2.24) is 4.90 Å². The van der Waals surface area contributed by atoms with Crippen molar-refractivity contribution in [2.24, 2.45) is 0 Å². The lowest BCUT2D eigenvalue weighted by atomic mass is 10.1. The molecule has 5 rings (SSSR count). The number of ether oxygens (including phenoxy) is 3. The summed E-state index contributed by atoms with van der Waals surface area (Å²) in [6.45, 7) is 0.233. The maximum Gasteiger partial charge on any atom is 0.345 e. The molecule has 0 aromatic heterocycles. The molecule has 1 aliphatic heterocycles. The maximum atomic E-state index is 13.0. The van der Waals surface area contributed by atoms with E-state index in [2.05, 4.69) is 0 Å². The first-order valence-corrected chi connectivity index (χ1v) is 13.6. The molecule has 0 unspecified atom stereocenters. The van der Waals surface area contributed by atoms with E-state index in [0.717, 1.165) is 27.4 Å². The molecule has 4 aromatic carbocycles. The van der Waals surface area contributed by atoms with Crippen molar-refractivity contribution in [3.8, 4) is 17.2 Å². The average Bonchev–Trinajstić information content (AvgIpc) is 3.21. The Kier molecular flexibility index (Phi) is 8.30. The summed E-state index contributed by atoms with van der Waals surface area (Å²) in [5.74, 6) is -0.296. The highest BCUT2D eigenvalue weighted by Crippen LogP contribution is 2.39. The fraction of sp³-hybridized carbons (Fsp3) is 0.100. The molecule has 10 heteroatoms. The first-order valence-electron chi connectivity index (χ1n) is 12.1. The van der Waals surface area contributed by atoms with Gasteiger partial charge in [-0.1, -0.05) is 71.7 Å². The zero-order valence-corrected chi connectivity index (χ0v) is 23.4. The van der Waals surface area contributed by atoms with Crippen LogP contribution in [-0.2, 0) is 4.79 Å². The lowest BCUT2D eigenvalue weighted by molar-refractivity contribution is -0.123. The van der Waals surface area contributed by atoms with E-state index in [1.54, 1.807) is 24.3 Å². The molecule has 40 heavy (non-hydrogen) atoms. The number of carbonyl (C=O) groups excluding carboxylic acids is 3. The van der Waals surface area contributed by atoms with Gasteiger partial charge in [0.1, 0.15) is 12.4 Å². The van der Waals surface area contributed by atoms with E-state index < -0.39 is 17.1 Å². The van der Waals surface area contributed by atoms with Crippen molar-refractivity contribution in [1.29, 1.82) is 0 Å². The van der Waals surface area contributed by atoms with E-state index in [4.69, 9.17) is 37.4 Å². The van der Waals surface area contributed by atoms with Crippen molar-refractivity contribution in [3.05, 3.63) is 105 Å². The number of fused-ring (bicyclic) bond motifs is 1. The number of methoxy groups -OCH3 is 1. The Bertz CT molecular complexity index is 1670. The fourth-order valence-corrected chi connectivity index (χ4v) is 5.44. The molecule has 0 aliphatic carbocycles. The van der Waals surface area contributed by atoms with Gasteiger partial charge in [0, 0.05) is 5.39 Å². The van der Waals surface area contributed by atoms with Crippen LogP contribution >= 0.6 is 35.0 Å². The largest absolute Gasteiger partial charge is 0.493 e. The van der Waals surface area contributed by atoms with Gasteiger partial charge in [-0.2, -0.15) is 0 Å². The van der Waals surface area contributed by atoms with Gasteiger partial charge in [-0.25, -0.2) is 4.79 Å². The molecule has 1 heterocycles. The molecule has 1 saturated heterocycles. The van der Waals surface area contributed by atoms with Crippen LogP contribution in [0.3, 0.4) is 0 Å². The molecule has 0 atom stereocenters. The number of carbonyl (C=O) groups is 3. The Labute approximate surface area is 244 Å². The topological polar surface area (TPSA) is 82.1 Å². The molecule has 2 amide bonds. The van der Waals surface area contributed by atoms with Crippen molar-refractivity contribution in [2.45, 2.75) is 0 Å². The standard InChI is InChI=1S/C30H21Cl2NO6S/c1-37-25-16-18(15-23(32)27(25)39-29(35)21-10-4-5-11-22(21)31)17-26-28(34)33(30(36)40-26)13-14-38-24-12-6-8-19-7-2-3-9-20(19)24/h2-12,15-17H,13-14H2,1H3/b26-17-. The molecule has 0 saturated carbocycles. The predicted molar refractivity (Wildman–Crippen MR) is 157 cm³/mol. The van der Waals surface area contributed by atoms with Crippen molar-refractivity contribution >= 4 is 68.9 Å². The van der Waals surface area contributed by atoms with Crippen LogP contribution in [0.5, 0.6) is 17.2 Å². The van der Waals surface area contributed by atoms with Crippen LogP contribution in [0, 0.1) is 0 Å². The summed E-state index contributed by atoms with van der Waals surface area (Å²) in [6, 6.07) is 23.1. The second kappa shape index (κ2) is 12.0. The predicted octanol–water partition coefficient (Wildman–Crippen LogP) is 7.49. The van der Waals surface area contributed by atoms with Crippen molar-refractivity contribution in [3.63, 3.8) is 0 Å². The smallest absolute Gasteiger partial charge is 0.345 e. The number of hydrogen-bond donors (Lipinski definition) is 0. The second-order valence-electron chi connectivity index (χ2n) is 8.56. The number of amides is 2. The molecular weight excluding hydrogens is 573 g/mol. The summed E-state index contributed by atoms with van der Waals surface area (Å²) >= 11 is 13.3. The van der Waals surface area contributed by atoms with Gasteiger partial charge in [0.15, 0.2) is 11.5 Å². The number of rotatable bonds is 8. The lowest BCUT2D eigenvalue weighted by Gasteiger charge is -2.14. The molecule has 1 fully saturated rings.